The standard InChI is InChI=1S/C11H13ClN4O2S/c1-2-4-10-15-11(19(12,17)18)8-16(10)7-9-13-5-3-6-14-9/h3,5-6,8H,2,4,7H2,1H3. The molecular weight excluding hydrogens is 288 g/mol. The second-order valence-corrected chi connectivity index (χ2v) is 6.49. The first kappa shape index (κ1) is 14.0. The average Bonchev–Trinajstić information content (AvgIpc) is 2.74. The fraction of sp³-hybridized carbons (Fsp3) is 0.364. The van der Waals surface area contributed by atoms with Gasteiger partial charge < -0.3 is 4.57 Å². The van der Waals surface area contributed by atoms with E-state index in [-0.39, 0.29) is 5.03 Å². The number of imidazole rings is 1. The van der Waals surface area contributed by atoms with Crippen LogP contribution in [0.25, 0.3) is 0 Å². The predicted molar refractivity (Wildman–Crippen MR) is 70.4 cm³/mol. The summed E-state index contributed by atoms with van der Waals surface area (Å²) >= 11 is 0. The summed E-state index contributed by atoms with van der Waals surface area (Å²) in [5, 5.41) is -0.131. The third-order valence-corrected chi connectivity index (χ3v) is 3.66. The van der Waals surface area contributed by atoms with Gasteiger partial charge in [0.05, 0.1) is 6.54 Å². The van der Waals surface area contributed by atoms with Gasteiger partial charge in [-0.05, 0) is 12.5 Å². The Bertz CT molecular complexity index is 655. The van der Waals surface area contributed by atoms with Crippen molar-refractivity contribution in [3.63, 3.8) is 0 Å². The molecule has 0 aliphatic rings. The van der Waals surface area contributed by atoms with Crippen LogP contribution in [0.1, 0.15) is 25.0 Å². The molecule has 6 nitrogen and oxygen atoms in total. The zero-order chi connectivity index (χ0) is 13.9. The van der Waals surface area contributed by atoms with Crippen molar-refractivity contribution in [1.82, 2.24) is 19.5 Å². The maximum absolute atomic E-state index is 11.3. The number of nitrogens with zero attached hydrogens (tertiary/aromatic N) is 4. The number of halogens is 1. The molecule has 19 heavy (non-hydrogen) atoms. The number of aromatic nitrogens is 4. The lowest BCUT2D eigenvalue weighted by Gasteiger charge is -2.04. The van der Waals surface area contributed by atoms with Gasteiger partial charge in [0, 0.05) is 35.7 Å². The van der Waals surface area contributed by atoms with Gasteiger partial charge in [-0.25, -0.2) is 23.4 Å². The van der Waals surface area contributed by atoms with Crippen molar-refractivity contribution in [3.05, 3.63) is 36.3 Å². The Balaban J connectivity index is 2.35. The minimum absolute atomic E-state index is 0.131. The van der Waals surface area contributed by atoms with Crippen molar-refractivity contribution in [2.75, 3.05) is 0 Å². The van der Waals surface area contributed by atoms with E-state index in [0.717, 1.165) is 6.42 Å². The lowest BCUT2D eigenvalue weighted by atomic mass is 10.3. The van der Waals surface area contributed by atoms with E-state index in [1.54, 1.807) is 23.0 Å². The Morgan fingerprint density at radius 1 is 1.32 bits per heavy atom. The summed E-state index contributed by atoms with van der Waals surface area (Å²) in [5.74, 6) is 1.25. The van der Waals surface area contributed by atoms with Crippen LogP contribution in [-0.4, -0.2) is 27.9 Å². The molecular formula is C11H13ClN4O2S. The van der Waals surface area contributed by atoms with Gasteiger partial charge in [0.1, 0.15) is 11.6 Å². The molecule has 8 heteroatoms. The van der Waals surface area contributed by atoms with Crippen molar-refractivity contribution in [2.45, 2.75) is 31.3 Å². The molecule has 0 aliphatic heterocycles. The maximum atomic E-state index is 11.3. The SMILES string of the molecule is CCCc1nc(S(=O)(=O)Cl)cn1Cc1ncccn1. The lowest BCUT2D eigenvalue weighted by Crippen LogP contribution is -2.06. The Labute approximate surface area is 115 Å². The molecule has 0 amide bonds. The third kappa shape index (κ3) is 3.51. The first-order valence-corrected chi connectivity index (χ1v) is 8.08. The summed E-state index contributed by atoms with van der Waals surface area (Å²) in [7, 11) is 1.50. The maximum Gasteiger partial charge on any atom is 0.280 e. The molecule has 0 aliphatic carbocycles. The van der Waals surface area contributed by atoms with Crippen molar-refractivity contribution >= 4 is 19.7 Å². The Kier molecular flexibility index (Phi) is 4.16. The molecule has 0 N–H and O–H groups in total. The van der Waals surface area contributed by atoms with E-state index in [0.29, 0.717) is 24.6 Å². The molecule has 0 aromatic carbocycles. The Morgan fingerprint density at radius 2 is 2.00 bits per heavy atom. The number of hydrogen-bond acceptors (Lipinski definition) is 5. The molecule has 102 valence electrons. The summed E-state index contributed by atoms with van der Waals surface area (Å²) < 4.78 is 24.3. The smallest absolute Gasteiger partial charge is 0.280 e. The van der Waals surface area contributed by atoms with E-state index in [1.807, 2.05) is 6.92 Å². The van der Waals surface area contributed by atoms with E-state index >= 15 is 0 Å². The van der Waals surface area contributed by atoms with Gasteiger partial charge in [-0.1, -0.05) is 6.92 Å². The second-order valence-electron chi connectivity index (χ2n) is 3.98. The number of hydrogen-bond donors (Lipinski definition) is 0. The van der Waals surface area contributed by atoms with Gasteiger partial charge in [0.15, 0.2) is 5.03 Å². The van der Waals surface area contributed by atoms with Crippen LogP contribution >= 0.6 is 10.7 Å². The fourth-order valence-electron chi connectivity index (χ4n) is 1.67. The molecule has 2 aromatic heterocycles. The molecule has 0 fully saturated rings. The molecule has 2 heterocycles. The predicted octanol–water partition coefficient (Wildman–Crippen LogP) is 1.60. The van der Waals surface area contributed by atoms with Crippen LogP contribution in [-0.2, 0) is 22.0 Å². The van der Waals surface area contributed by atoms with Crippen LogP contribution in [0.4, 0.5) is 0 Å². The van der Waals surface area contributed by atoms with Crippen molar-refractivity contribution in [3.8, 4) is 0 Å². The highest BCUT2D eigenvalue weighted by Gasteiger charge is 2.17. The zero-order valence-electron chi connectivity index (χ0n) is 10.3. The summed E-state index contributed by atoms with van der Waals surface area (Å²) in [5.41, 5.74) is 0. The Morgan fingerprint density at radius 3 is 2.58 bits per heavy atom. The zero-order valence-corrected chi connectivity index (χ0v) is 11.9. The van der Waals surface area contributed by atoms with E-state index in [1.165, 1.54) is 6.20 Å². The number of aryl methyl sites for hydroxylation is 1. The third-order valence-electron chi connectivity index (χ3n) is 2.49. The van der Waals surface area contributed by atoms with Crippen molar-refractivity contribution in [1.29, 1.82) is 0 Å². The van der Waals surface area contributed by atoms with Gasteiger partial charge in [-0.3, -0.25) is 0 Å². The fourth-order valence-corrected chi connectivity index (χ4v) is 2.36. The molecule has 0 saturated heterocycles. The largest absolute Gasteiger partial charge is 0.326 e. The first-order valence-electron chi connectivity index (χ1n) is 5.77. The summed E-state index contributed by atoms with van der Waals surface area (Å²) in [6.07, 6.45) is 6.22. The van der Waals surface area contributed by atoms with Crippen LogP contribution < -0.4 is 0 Å². The quantitative estimate of drug-likeness (QED) is 0.784. The normalized spacial score (nSPS) is 11.7. The second kappa shape index (κ2) is 5.66. The molecule has 0 bridgehead atoms. The summed E-state index contributed by atoms with van der Waals surface area (Å²) in [6, 6.07) is 1.72. The molecule has 0 saturated carbocycles. The minimum Gasteiger partial charge on any atom is -0.326 e. The van der Waals surface area contributed by atoms with E-state index < -0.39 is 9.05 Å². The molecule has 0 radical (unpaired) electrons. The van der Waals surface area contributed by atoms with Crippen LogP contribution in [0.2, 0.25) is 0 Å². The average molecular weight is 301 g/mol. The highest BCUT2D eigenvalue weighted by Crippen LogP contribution is 2.16. The van der Waals surface area contributed by atoms with E-state index in [4.69, 9.17) is 10.7 Å². The summed E-state index contributed by atoms with van der Waals surface area (Å²) in [6.45, 7) is 2.36. The highest BCUT2D eigenvalue weighted by molar-refractivity contribution is 8.13. The minimum atomic E-state index is -3.82. The van der Waals surface area contributed by atoms with E-state index in [2.05, 4.69) is 15.0 Å². The molecule has 2 rings (SSSR count). The van der Waals surface area contributed by atoms with Gasteiger partial charge in [0.2, 0.25) is 0 Å². The van der Waals surface area contributed by atoms with Crippen LogP contribution in [0.15, 0.2) is 29.7 Å². The Hall–Kier alpha value is -1.47. The molecule has 2 aromatic rings. The van der Waals surface area contributed by atoms with Gasteiger partial charge >= 0.3 is 0 Å². The summed E-state index contributed by atoms with van der Waals surface area (Å²) in [4.78, 5) is 12.3. The van der Waals surface area contributed by atoms with Crippen molar-refractivity contribution < 1.29 is 8.42 Å². The van der Waals surface area contributed by atoms with Crippen LogP contribution in [0.5, 0.6) is 0 Å². The van der Waals surface area contributed by atoms with Crippen LogP contribution in [0, 0.1) is 0 Å². The van der Waals surface area contributed by atoms with Crippen molar-refractivity contribution in [2.24, 2.45) is 0 Å². The highest BCUT2D eigenvalue weighted by atomic mass is 35.7. The number of rotatable bonds is 5. The van der Waals surface area contributed by atoms with Gasteiger partial charge in [-0.2, -0.15) is 0 Å². The van der Waals surface area contributed by atoms with Crippen LogP contribution in [0.3, 0.4) is 0 Å². The molecule has 0 unspecified atom stereocenters. The van der Waals surface area contributed by atoms with Gasteiger partial charge in [0.25, 0.3) is 9.05 Å². The lowest BCUT2D eigenvalue weighted by molar-refractivity contribution is 0.606. The van der Waals surface area contributed by atoms with Gasteiger partial charge in [-0.15, -0.1) is 0 Å². The first-order chi connectivity index (χ1) is 9.00. The van der Waals surface area contributed by atoms with E-state index in [9.17, 15) is 8.42 Å². The molecule has 0 atom stereocenters. The topological polar surface area (TPSA) is 77.7 Å². The molecule has 0 spiro atoms. The monoisotopic (exact) mass is 300 g/mol.